The standard InChI is InChI=1S/C48H78O19/c1-20-10-13-48(15-14-46(6)23(29(48)21(20)2)8-9-28-44(4)16-24(51)39(60)45(5,19-50)27(44)11-12-47(28,46)7)43(61)67-42-36(58)33(55)31(53)26(65-42)18-62-40-37(59)34(56)38(25(17-49)64-40)66-41-35(57)32(54)30(52)22(3)63-41/h8,20-22,24-42,49-60H,9-19H2,1-7H3/t20-,21+,22+,24-,25-,26-,27?,28?,29?,30+,31-,32-,33+,34-,35-,36-,37-,38-,39+,40-,41+,42+,44+,45+,46-,47-,48+/m1/s1. The van der Waals surface area contributed by atoms with E-state index in [9.17, 15) is 61.3 Å². The molecule has 19 nitrogen and oxygen atoms in total. The molecule has 19 heteroatoms. The maximum atomic E-state index is 15.0. The van der Waals surface area contributed by atoms with Crippen LogP contribution in [0, 0.1) is 56.7 Å². The molecule has 3 unspecified atom stereocenters. The second-order valence-corrected chi connectivity index (χ2v) is 22.9. The average molecular weight is 959 g/mol. The molecule has 3 aliphatic heterocycles. The molecule has 0 radical (unpaired) electrons. The Balaban J connectivity index is 0.985. The van der Waals surface area contributed by atoms with E-state index in [2.05, 4.69) is 40.7 Å². The highest BCUT2D eigenvalue weighted by molar-refractivity contribution is 5.79. The molecule has 0 aromatic heterocycles. The molecule has 0 amide bonds. The normalized spacial score (nSPS) is 56.7. The predicted molar refractivity (Wildman–Crippen MR) is 231 cm³/mol. The lowest BCUT2D eigenvalue weighted by atomic mass is 9.33. The van der Waals surface area contributed by atoms with E-state index in [1.54, 1.807) is 0 Å². The number of aliphatic hydroxyl groups is 12. The van der Waals surface area contributed by atoms with Crippen molar-refractivity contribution in [2.75, 3.05) is 19.8 Å². The summed E-state index contributed by atoms with van der Waals surface area (Å²) in [7, 11) is 0. The molecule has 0 bridgehead atoms. The number of aliphatic hydroxyl groups excluding tert-OH is 12. The van der Waals surface area contributed by atoms with Crippen LogP contribution in [0.15, 0.2) is 11.6 Å². The summed E-state index contributed by atoms with van der Waals surface area (Å²) < 4.78 is 34.7. The van der Waals surface area contributed by atoms with Gasteiger partial charge in [0.1, 0.15) is 67.1 Å². The molecule has 3 saturated heterocycles. The molecule has 384 valence electrons. The van der Waals surface area contributed by atoms with Crippen LogP contribution in [-0.4, -0.2) is 191 Å². The minimum absolute atomic E-state index is 0.0112. The monoisotopic (exact) mass is 959 g/mol. The van der Waals surface area contributed by atoms with E-state index >= 15 is 4.79 Å². The first-order chi connectivity index (χ1) is 31.4. The highest BCUT2D eigenvalue weighted by atomic mass is 16.8. The number of ether oxygens (including phenoxy) is 6. The molecule has 0 spiro atoms. The Kier molecular flexibility index (Phi) is 14.4. The van der Waals surface area contributed by atoms with Crippen LogP contribution in [0.4, 0.5) is 0 Å². The van der Waals surface area contributed by atoms with Crippen molar-refractivity contribution in [3.8, 4) is 0 Å². The zero-order valence-electron chi connectivity index (χ0n) is 39.8. The molecule has 7 fully saturated rings. The SMILES string of the molecule is C[C@@H]1CC[C@]2(C(=O)O[C@@H]3O[C@H](CO[C@@H]4O[C@H](CO)[C@@H](O[C@@H]5O[C@@H](C)[C@H](O)[C@@H](O)[C@H]5O)[C@H](O)[C@H]4O)[C@@H](O)[C@H](O)[C@H]3O)CC[C@]3(C)C(=CCC4[C@@]5(C)C[C@@H](O)[C@H](O)[C@@](C)(CO)C5CC[C@]43C)C2[C@H]1C. The van der Waals surface area contributed by atoms with E-state index in [4.69, 9.17) is 28.4 Å². The summed E-state index contributed by atoms with van der Waals surface area (Å²) in [4.78, 5) is 15.0. The van der Waals surface area contributed by atoms with Crippen LogP contribution in [0.3, 0.4) is 0 Å². The number of carbonyl (C=O) groups excluding carboxylic acids is 1. The number of fused-ring (bicyclic) bond motifs is 7. The molecule has 8 aliphatic rings. The third-order valence-corrected chi connectivity index (χ3v) is 19.7. The van der Waals surface area contributed by atoms with Gasteiger partial charge >= 0.3 is 5.97 Å². The van der Waals surface area contributed by atoms with Crippen LogP contribution in [0.5, 0.6) is 0 Å². The van der Waals surface area contributed by atoms with E-state index in [-0.39, 0.29) is 52.4 Å². The Bertz CT molecular complexity index is 1820. The molecule has 5 aliphatic carbocycles. The van der Waals surface area contributed by atoms with Crippen LogP contribution >= 0.6 is 0 Å². The van der Waals surface area contributed by atoms with Crippen molar-refractivity contribution in [2.24, 2.45) is 56.7 Å². The Morgan fingerprint density at radius 2 is 1.34 bits per heavy atom. The van der Waals surface area contributed by atoms with Gasteiger partial charge in [0.25, 0.3) is 0 Å². The Hall–Kier alpha value is -1.47. The van der Waals surface area contributed by atoms with Gasteiger partial charge < -0.3 is 89.7 Å². The largest absolute Gasteiger partial charge is 0.432 e. The lowest BCUT2D eigenvalue weighted by Gasteiger charge is -2.71. The number of carbonyl (C=O) groups is 1. The molecule has 4 saturated carbocycles. The molecule has 27 atom stereocenters. The summed E-state index contributed by atoms with van der Waals surface area (Å²) in [6, 6.07) is 0. The molecule has 3 heterocycles. The summed E-state index contributed by atoms with van der Waals surface area (Å²) in [5.74, 6) is -0.386. The molecular weight excluding hydrogens is 881 g/mol. The van der Waals surface area contributed by atoms with Gasteiger partial charge in [-0.2, -0.15) is 0 Å². The van der Waals surface area contributed by atoms with Gasteiger partial charge in [0.15, 0.2) is 12.6 Å². The minimum atomic E-state index is -1.86. The van der Waals surface area contributed by atoms with Gasteiger partial charge in [-0.3, -0.25) is 4.79 Å². The predicted octanol–water partition coefficient (Wildman–Crippen LogP) is -1.03. The molecule has 0 aromatic carbocycles. The third kappa shape index (κ3) is 7.92. The van der Waals surface area contributed by atoms with Gasteiger partial charge in [-0.1, -0.05) is 53.2 Å². The summed E-state index contributed by atoms with van der Waals surface area (Å²) in [6.07, 6.45) is -18.9. The van der Waals surface area contributed by atoms with Crippen molar-refractivity contribution in [3.05, 3.63) is 11.6 Å². The minimum Gasteiger partial charge on any atom is -0.432 e. The van der Waals surface area contributed by atoms with Gasteiger partial charge in [-0.15, -0.1) is 0 Å². The van der Waals surface area contributed by atoms with Crippen LogP contribution in [0.25, 0.3) is 0 Å². The number of rotatable bonds is 9. The fraction of sp³-hybridized carbons (Fsp3) is 0.938. The highest BCUT2D eigenvalue weighted by Crippen LogP contribution is 2.76. The van der Waals surface area contributed by atoms with Crippen LogP contribution < -0.4 is 0 Å². The first-order valence-electron chi connectivity index (χ1n) is 24.5. The van der Waals surface area contributed by atoms with E-state index in [0.717, 1.165) is 19.3 Å². The summed E-state index contributed by atoms with van der Waals surface area (Å²) in [5.41, 5.74) is -1.64. The van der Waals surface area contributed by atoms with E-state index < -0.39 is 134 Å². The number of allylic oxidation sites excluding steroid dienone is 2. The van der Waals surface area contributed by atoms with Gasteiger partial charge in [0.05, 0.1) is 43.5 Å². The summed E-state index contributed by atoms with van der Waals surface area (Å²) >= 11 is 0. The topological polar surface area (TPSA) is 315 Å². The second kappa shape index (κ2) is 18.5. The van der Waals surface area contributed by atoms with Crippen molar-refractivity contribution in [3.63, 3.8) is 0 Å². The average Bonchev–Trinajstić information content (AvgIpc) is 3.29. The lowest BCUT2D eigenvalue weighted by Crippen LogP contribution is -2.68. The Labute approximate surface area is 392 Å². The van der Waals surface area contributed by atoms with Crippen LogP contribution in [-0.2, 0) is 33.2 Å². The van der Waals surface area contributed by atoms with Crippen LogP contribution in [0.2, 0.25) is 0 Å². The lowest BCUT2D eigenvalue weighted by molar-refractivity contribution is -0.361. The number of esters is 1. The quantitative estimate of drug-likeness (QED) is 0.0971. The van der Waals surface area contributed by atoms with Gasteiger partial charge in [-0.05, 0) is 104 Å². The van der Waals surface area contributed by atoms with Crippen molar-refractivity contribution >= 4 is 5.97 Å². The van der Waals surface area contributed by atoms with E-state index in [0.29, 0.717) is 32.1 Å². The van der Waals surface area contributed by atoms with Crippen molar-refractivity contribution in [1.29, 1.82) is 0 Å². The first-order valence-corrected chi connectivity index (χ1v) is 24.5. The molecule has 67 heavy (non-hydrogen) atoms. The maximum Gasteiger partial charge on any atom is 0.315 e. The third-order valence-electron chi connectivity index (χ3n) is 19.7. The first kappa shape index (κ1) is 51.9. The molecular formula is C48H78O19. The van der Waals surface area contributed by atoms with Gasteiger partial charge in [-0.25, -0.2) is 0 Å². The molecule has 0 aromatic rings. The molecule has 12 N–H and O–H groups in total. The van der Waals surface area contributed by atoms with E-state index in [1.807, 2.05) is 6.92 Å². The zero-order chi connectivity index (χ0) is 49.1. The fourth-order valence-corrected chi connectivity index (χ4v) is 15.2. The van der Waals surface area contributed by atoms with Crippen molar-refractivity contribution in [1.82, 2.24) is 0 Å². The number of hydrogen-bond donors (Lipinski definition) is 12. The van der Waals surface area contributed by atoms with E-state index in [1.165, 1.54) is 12.5 Å². The van der Waals surface area contributed by atoms with Crippen molar-refractivity contribution < 1.29 is 94.5 Å². The maximum absolute atomic E-state index is 15.0. The summed E-state index contributed by atoms with van der Waals surface area (Å²) in [6.45, 7) is 13.0. The Morgan fingerprint density at radius 1 is 0.701 bits per heavy atom. The van der Waals surface area contributed by atoms with Gasteiger partial charge in [0.2, 0.25) is 6.29 Å². The Morgan fingerprint density at radius 3 is 2.01 bits per heavy atom. The fourth-order valence-electron chi connectivity index (χ4n) is 15.2. The number of hydrogen-bond acceptors (Lipinski definition) is 19. The van der Waals surface area contributed by atoms with Crippen molar-refractivity contribution in [2.45, 2.75) is 204 Å². The molecule has 8 rings (SSSR count). The zero-order valence-corrected chi connectivity index (χ0v) is 39.8. The van der Waals surface area contributed by atoms with Crippen LogP contribution in [0.1, 0.15) is 99.8 Å². The van der Waals surface area contributed by atoms with Gasteiger partial charge in [0, 0.05) is 5.41 Å². The highest BCUT2D eigenvalue weighted by Gasteiger charge is 2.71. The second-order valence-electron chi connectivity index (χ2n) is 22.9. The smallest absolute Gasteiger partial charge is 0.315 e. The summed E-state index contributed by atoms with van der Waals surface area (Å²) in [5, 5.41) is 130.